The van der Waals surface area contributed by atoms with Gasteiger partial charge in [0.1, 0.15) is 0 Å². The molecule has 0 fully saturated rings. The Morgan fingerprint density at radius 1 is 0.920 bits per heavy atom. The molecular weight excluding hydrogens is 302 g/mol. The van der Waals surface area contributed by atoms with Crippen LogP contribution in [0.4, 0.5) is 0 Å². The van der Waals surface area contributed by atoms with Crippen molar-refractivity contribution in [1.29, 1.82) is 5.26 Å². The standard InChI is InChI=1S/C24H21N/c25-15-20-8-4-7-17(16-5-2-1-3-6-16)14-23-21-11-10-19-13-18(21)9-12-22(23)24(19)20/h1-3,5-6,9-14,18,21-23H,4,7-8H2/b17-14+,24-20?/t18-,21+,22-,23+/m1/s1. The monoisotopic (exact) mass is 323 g/mol. The maximum atomic E-state index is 9.84. The quantitative estimate of drug-likeness (QED) is 0.615. The van der Waals surface area contributed by atoms with Gasteiger partial charge in [0.25, 0.3) is 0 Å². The molecule has 0 saturated carbocycles. The van der Waals surface area contributed by atoms with E-state index in [0.29, 0.717) is 23.7 Å². The van der Waals surface area contributed by atoms with Crippen molar-refractivity contribution in [2.75, 3.05) is 0 Å². The molecule has 0 unspecified atom stereocenters. The summed E-state index contributed by atoms with van der Waals surface area (Å²) < 4.78 is 0. The Kier molecular flexibility index (Phi) is 3.38. The molecule has 122 valence electrons. The fraction of sp³-hybridized carbons (Fsp3) is 0.292. The highest BCUT2D eigenvalue weighted by Crippen LogP contribution is 2.51. The van der Waals surface area contributed by atoms with Gasteiger partial charge in [-0.2, -0.15) is 5.26 Å². The topological polar surface area (TPSA) is 23.8 Å². The molecule has 0 spiro atoms. The minimum Gasteiger partial charge on any atom is -0.193 e. The summed E-state index contributed by atoms with van der Waals surface area (Å²) >= 11 is 0. The number of nitriles is 1. The van der Waals surface area contributed by atoms with Crippen LogP contribution >= 0.6 is 0 Å². The predicted octanol–water partition coefficient (Wildman–Crippen LogP) is 5.62. The molecule has 25 heavy (non-hydrogen) atoms. The lowest BCUT2D eigenvalue weighted by molar-refractivity contribution is 0.356. The molecule has 1 heteroatoms. The molecule has 4 atom stereocenters. The zero-order valence-electron chi connectivity index (χ0n) is 14.2. The van der Waals surface area contributed by atoms with Crippen LogP contribution in [-0.4, -0.2) is 0 Å². The summed E-state index contributed by atoms with van der Waals surface area (Å²) in [5.74, 6) is 1.80. The van der Waals surface area contributed by atoms with E-state index in [1.807, 2.05) is 0 Å². The first-order chi connectivity index (χ1) is 12.3. The van der Waals surface area contributed by atoms with Crippen LogP contribution < -0.4 is 0 Å². The van der Waals surface area contributed by atoms with Crippen LogP contribution in [0.5, 0.6) is 0 Å². The van der Waals surface area contributed by atoms with E-state index in [9.17, 15) is 5.26 Å². The summed E-state index contributed by atoms with van der Waals surface area (Å²) in [6.07, 6.45) is 17.3. The van der Waals surface area contributed by atoms with E-state index in [0.717, 1.165) is 24.8 Å². The summed E-state index contributed by atoms with van der Waals surface area (Å²) in [6, 6.07) is 13.3. The first kappa shape index (κ1) is 14.7. The number of benzene rings is 1. The molecule has 0 radical (unpaired) electrons. The van der Waals surface area contributed by atoms with Gasteiger partial charge in [0.15, 0.2) is 0 Å². The molecular formula is C24H21N. The number of allylic oxidation sites excluding steroid dienone is 10. The fourth-order valence-corrected chi connectivity index (χ4v) is 5.07. The molecule has 0 N–H and O–H groups in total. The van der Waals surface area contributed by atoms with E-state index >= 15 is 0 Å². The largest absolute Gasteiger partial charge is 0.193 e. The number of hydrogen-bond donors (Lipinski definition) is 0. The van der Waals surface area contributed by atoms with E-state index < -0.39 is 0 Å². The molecule has 7 rings (SSSR count). The van der Waals surface area contributed by atoms with Crippen LogP contribution in [0, 0.1) is 35.0 Å². The lowest BCUT2D eigenvalue weighted by Gasteiger charge is -2.34. The molecule has 1 aromatic carbocycles. The Labute approximate surface area is 149 Å². The van der Waals surface area contributed by atoms with Crippen LogP contribution in [-0.2, 0) is 0 Å². The van der Waals surface area contributed by atoms with E-state index in [-0.39, 0.29) is 0 Å². The van der Waals surface area contributed by atoms with Gasteiger partial charge in [-0.15, -0.1) is 0 Å². The van der Waals surface area contributed by atoms with E-state index in [1.165, 1.54) is 22.3 Å². The number of hydrogen-bond acceptors (Lipinski definition) is 1. The van der Waals surface area contributed by atoms with Crippen molar-refractivity contribution in [2.45, 2.75) is 19.3 Å². The maximum absolute atomic E-state index is 9.84. The van der Waals surface area contributed by atoms with Crippen LogP contribution in [0.15, 0.2) is 83.5 Å². The molecule has 0 aromatic heterocycles. The van der Waals surface area contributed by atoms with Gasteiger partial charge in [-0.25, -0.2) is 0 Å². The second-order valence-electron chi connectivity index (χ2n) is 7.54. The Morgan fingerprint density at radius 3 is 2.64 bits per heavy atom. The van der Waals surface area contributed by atoms with Crippen LogP contribution in [0.1, 0.15) is 24.8 Å². The highest BCUT2D eigenvalue weighted by atomic mass is 14.5. The zero-order valence-corrected chi connectivity index (χ0v) is 14.2. The van der Waals surface area contributed by atoms with Crippen molar-refractivity contribution in [3.8, 4) is 6.07 Å². The second-order valence-corrected chi connectivity index (χ2v) is 7.54. The van der Waals surface area contributed by atoms with Crippen molar-refractivity contribution < 1.29 is 0 Å². The molecule has 0 amide bonds. The predicted molar refractivity (Wildman–Crippen MR) is 101 cm³/mol. The molecule has 1 aromatic rings. The minimum absolute atomic E-state index is 0.344. The summed E-state index contributed by atoms with van der Waals surface area (Å²) in [5.41, 5.74) is 6.39. The van der Waals surface area contributed by atoms with E-state index in [1.54, 1.807) is 0 Å². The molecule has 6 aliphatic rings. The normalized spacial score (nSPS) is 34.4. The van der Waals surface area contributed by atoms with Crippen molar-refractivity contribution in [3.05, 3.63) is 89.1 Å². The smallest absolute Gasteiger partial charge is 0.0950 e. The summed E-state index contributed by atoms with van der Waals surface area (Å²) in [6.45, 7) is 0. The Bertz CT molecular complexity index is 901. The zero-order chi connectivity index (χ0) is 16.8. The first-order valence-corrected chi connectivity index (χ1v) is 9.33. The van der Waals surface area contributed by atoms with Crippen LogP contribution in [0.2, 0.25) is 0 Å². The van der Waals surface area contributed by atoms with Gasteiger partial charge in [-0.1, -0.05) is 66.8 Å². The fourth-order valence-electron chi connectivity index (χ4n) is 5.07. The molecule has 0 heterocycles. The first-order valence-electron chi connectivity index (χ1n) is 9.33. The van der Waals surface area contributed by atoms with Crippen LogP contribution in [0.3, 0.4) is 0 Å². The Balaban J connectivity index is 1.70. The van der Waals surface area contributed by atoms with Gasteiger partial charge in [-0.3, -0.25) is 0 Å². The molecule has 0 saturated heterocycles. The van der Waals surface area contributed by atoms with Gasteiger partial charge < -0.3 is 0 Å². The third-order valence-corrected chi connectivity index (χ3v) is 6.23. The van der Waals surface area contributed by atoms with Gasteiger partial charge in [0.2, 0.25) is 0 Å². The van der Waals surface area contributed by atoms with Gasteiger partial charge in [0.05, 0.1) is 6.07 Å². The molecule has 1 nitrogen and oxygen atoms in total. The SMILES string of the molecule is N#CC1=C2C3=C[C@H]4C=C[C@@H]2[C@@H](/C=C(/c2ccccc2)CCC1)[C@H]4C=C3. The maximum Gasteiger partial charge on any atom is 0.0950 e. The average molecular weight is 323 g/mol. The van der Waals surface area contributed by atoms with Crippen molar-refractivity contribution in [2.24, 2.45) is 23.7 Å². The van der Waals surface area contributed by atoms with Gasteiger partial charge in [0, 0.05) is 17.4 Å². The number of rotatable bonds is 1. The van der Waals surface area contributed by atoms with E-state index in [4.69, 9.17) is 0 Å². The van der Waals surface area contributed by atoms with Crippen molar-refractivity contribution >= 4 is 5.57 Å². The molecule has 6 bridgehead atoms. The third-order valence-electron chi connectivity index (χ3n) is 6.23. The highest BCUT2D eigenvalue weighted by Gasteiger charge is 2.41. The van der Waals surface area contributed by atoms with E-state index in [2.05, 4.69) is 72.9 Å². The lowest BCUT2D eigenvalue weighted by Crippen LogP contribution is -2.27. The van der Waals surface area contributed by atoms with Crippen LogP contribution in [0.25, 0.3) is 5.57 Å². The van der Waals surface area contributed by atoms with Gasteiger partial charge >= 0.3 is 0 Å². The Hall–Kier alpha value is -2.59. The molecule has 0 aliphatic heterocycles. The second kappa shape index (κ2) is 5.74. The van der Waals surface area contributed by atoms with Gasteiger partial charge in [-0.05, 0) is 53.4 Å². The minimum atomic E-state index is 0.344. The van der Waals surface area contributed by atoms with Crippen molar-refractivity contribution in [3.63, 3.8) is 0 Å². The average Bonchev–Trinajstić information content (AvgIpc) is 2.90. The summed E-state index contributed by atoms with van der Waals surface area (Å²) in [5, 5.41) is 9.84. The molecule has 6 aliphatic carbocycles. The Morgan fingerprint density at radius 2 is 1.80 bits per heavy atom. The third kappa shape index (κ3) is 2.29. The highest BCUT2D eigenvalue weighted by molar-refractivity contribution is 5.67. The summed E-state index contributed by atoms with van der Waals surface area (Å²) in [7, 11) is 0. The lowest BCUT2D eigenvalue weighted by atomic mass is 9.70. The summed E-state index contributed by atoms with van der Waals surface area (Å²) in [4.78, 5) is 0. The van der Waals surface area contributed by atoms with Crippen molar-refractivity contribution in [1.82, 2.24) is 0 Å². The number of nitrogens with zero attached hydrogens (tertiary/aromatic N) is 1.